The zero-order valence-electron chi connectivity index (χ0n) is 16.9. The molecule has 0 spiro atoms. The van der Waals surface area contributed by atoms with Gasteiger partial charge in [-0.05, 0) is 98.5 Å². The molecule has 4 aliphatic rings. The zero-order chi connectivity index (χ0) is 20.2. The van der Waals surface area contributed by atoms with Gasteiger partial charge in [-0.2, -0.15) is 0 Å². The molecule has 6 nitrogen and oxygen atoms in total. The van der Waals surface area contributed by atoms with Gasteiger partial charge in [0.05, 0.1) is 12.0 Å². The Morgan fingerprint density at radius 3 is 2.41 bits per heavy atom. The zero-order valence-corrected chi connectivity index (χ0v) is 16.9. The van der Waals surface area contributed by atoms with Crippen LogP contribution in [0.2, 0.25) is 0 Å². The summed E-state index contributed by atoms with van der Waals surface area (Å²) >= 11 is 0. The second-order valence-electron chi connectivity index (χ2n) is 9.23. The minimum atomic E-state index is -0.450. The van der Waals surface area contributed by atoms with E-state index in [2.05, 4.69) is 17.3 Å². The SMILES string of the molecule is COc1ccc(C23CC4CC(CC(C4)C2)C3)cc1/C=C\c1onc(C)c1[N+](=O)[O-]. The maximum Gasteiger partial charge on any atom is 0.338 e. The molecule has 4 fully saturated rings. The van der Waals surface area contributed by atoms with E-state index in [1.807, 2.05) is 12.1 Å². The van der Waals surface area contributed by atoms with E-state index in [1.54, 1.807) is 20.1 Å². The maximum atomic E-state index is 11.3. The van der Waals surface area contributed by atoms with Gasteiger partial charge in [0.25, 0.3) is 0 Å². The highest BCUT2D eigenvalue weighted by Gasteiger charge is 2.51. The third-order valence-electron chi connectivity index (χ3n) is 7.33. The minimum Gasteiger partial charge on any atom is -0.496 e. The smallest absolute Gasteiger partial charge is 0.338 e. The molecule has 0 radical (unpaired) electrons. The predicted molar refractivity (Wildman–Crippen MR) is 110 cm³/mol. The van der Waals surface area contributed by atoms with Gasteiger partial charge in [0, 0.05) is 5.56 Å². The number of ether oxygens (including phenoxy) is 1. The lowest BCUT2D eigenvalue weighted by Crippen LogP contribution is -2.48. The fraction of sp³-hybridized carbons (Fsp3) is 0.522. The summed E-state index contributed by atoms with van der Waals surface area (Å²) in [4.78, 5) is 10.8. The highest BCUT2D eigenvalue weighted by Crippen LogP contribution is 2.60. The molecule has 0 unspecified atom stereocenters. The molecule has 0 aliphatic heterocycles. The van der Waals surface area contributed by atoms with Gasteiger partial charge < -0.3 is 9.26 Å². The van der Waals surface area contributed by atoms with Crippen LogP contribution in [0.15, 0.2) is 22.7 Å². The van der Waals surface area contributed by atoms with Crippen molar-refractivity contribution in [3.05, 3.63) is 50.9 Å². The summed E-state index contributed by atoms with van der Waals surface area (Å²) in [6.07, 6.45) is 11.6. The molecule has 1 aromatic heterocycles. The van der Waals surface area contributed by atoms with Crippen LogP contribution in [-0.2, 0) is 5.41 Å². The summed E-state index contributed by atoms with van der Waals surface area (Å²) in [5, 5.41) is 15.0. The third-order valence-corrected chi connectivity index (χ3v) is 7.33. The molecular weight excluding hydrogens is 368 g/mol. The summed E-state index contributed by atoms with van der Waals surface area (Å²) < 4.78 is 10.7. The van der Waals surface area contributed by atoms with Crippen LogP contribution >= 0.6 is 0 Å². The van der Waals surface area contributed by atoms with Gasteiger partial charge in [-0.25, -0.2) is 0 Å². The Morgan fingerprint density at radius 2 is 1.83 bits per heavy atom. The van der Waals surface area contributed by atoms with Crippen LogP contribution in [0.5, 0.6) is 5.75 Å². The Morgan fingerprint density at radius 1 is 1.17 bits per heavy atom. The van der Waals surface area contributed by atoms with Crippen LogP contribution < -0.4 is 4.74 Å². The molecule has 4 bridgehead atoms. The van der Waals surface area contributed by atoms with Crippen LogP contribution in [0, 0.1) is 34.8 Å². The molecule has 6 heteroatoms. The normalized spacial score (nSPS) is 30.2. The van der Waals surface area contributed by atoms with Gasteiger partial charge >= 0.3 is 5.69 Å². The van der Waals surface area contributed by atoms with Crippen molar-refractivity contribution >= 4 is 17.8 Å². The number of benzene rings is 1. The molecule has 29 heavy (non-hydrogen) atoms. The Hall–Kier alpha value is -2.63. The van der Waals surface area contributed by atoms with Crippen LogP contribution in [0.25, 0.3) is 12.2 Å². The lowest BCUT2D eigenvalue weighted by Gasteiger charge is -2.57. The number of methoxy groups -OCH3 is 1. The van der Waals surface area contributed by atoms with Crippen LogP contribution in [0.4, 0.5) is 5.69 Å². The molecule has 4 saturated carbocycles. The predicted octanol–water partition coefficient (Wildman–Crippen LogP) is 5.54. The molecule has 6 rings (SSSR count). The summed E-state index contributed by atoms with van der Waals surface area (Å²) in [6.45, 7) is 1.58. The molecule has 0 atom stereocenters. The number of rotatable bonds is 5. The summed E-state index contributed by atoms with van der Waals surface area (Å²) in [5.41, 5.74) is 2.80. The second kappa shape index (κ2) is 6.71. The van der Waals surface area contributed by atoms with Crippen molar-refractivity contribution in [2.75, 3.05) is 7.11 Å². The number of aryl methyl sites for hydroxylation is 1. The van der Waals surface area contributed by atoms with E-state index in [9.17, 15) is 10.1 Å². The van der Waals surface area contributed by atoms with Crippen molar-refractivity contribution in [2.45, 2.75) is 50.9 Å². The maximum absolute atomic E-state index is 11.3. The minimum absolute atomic E-state index is 0.0857. The molecule has 0 saturated heterocycles. The first-order valence-corrected chi connectivity index (χ1v) is 10.4. The first-order valence-electron chi connectivity index (χ1n) is 10.4. The molecule has 152 valence electrons. The Balaban J connectivity index is 1.50. The van der Waals surface area contributed by atoms with E-state index in [4.69, 9.17) is 9.26 Å². The highest BCUT2D eigenvalue weighted by molar-refractivity contribution is 5.74. The van der Waals surface area contributed by atoms with Gasteiger partial charge in [0.15, 0.2) is 5.69 Å². The average molecular weight is 394 g/mol. The molecule has 1 aromatic carbocycles. The number of nitro groups is 1. The molecule has 0 amide bonds. The first-order chi connectivity index (χ1) is 14.0. The lowest BCUT2D eigenvalue weighted by atomic mass is 9.48. The number of hydrogen-bond donors (Lipinski definition) is 0. The number of hydrogen-bond acceptors (Lipinski definition) is 5. The molecule has 1 heterocycles. The number of aromatic nitrogens is 1. The standard InChI is InChI=1S/C23H26N2O4/c1-14-22(25(26)27)21(29-24-14)5-3-18-10-19(4-6-20(18)28-2)23-11-15-7-16(12-23)9-17(8-15)13-23/h3-6,10,15-17H,7-9,11-13H2,1-2H3/b5-3-. The van der Waals surface area contributed by atoms with E-state index < -0.39 is 4.92 Å². The van der Waals surface area contributed by atoms with Gasteiger partial charge in [-0.3, -0.25) is 10.1 Å². The topological polar surface area (TPSA) is 78.4 Å². The van der Waals surface area contributed by atoms with Crippen molar-refractivity contribution in [1.82, 2.24) is 5.16 Å². The van der Waals surface area contributed by atoms with Crippen LogP contribution in [-0.4, -0.2) is 17.2 Å². The van der Waals surface area contributed by atoms with Gasteiger partial charge in [-0.15, -0.1) is 0 Å². The largest absolute Gasteiger partial charge is 0.496 e. The molecular formula is C23H26N2O4. The van der Waals surface area contributed by atoms with E-state index in [1.165, 1.54) is 44.1 Å². The van der Waals surface area contributed by atoms with E-state index in [0.29, 0.717) is 5.41 Å². The lowest BCUT2D eigenvalue weighted by molar-refractivity contribution is -0.386. The number of nitrogens with zero attached hydrogens (tertiary/aromatic N) is 2. The van der Waals surface area contributed by atoms with Gasteiger partial charge in [0.1, 0.15) is 5.75 Å². The van der Waals surface area contributed by atoms with E-state index in [-0.39, 0.29) is 17.1 Å². The molecule has 2 aromatic rings. The van der Waals surface area contributed by atoms with Crippen molar-refractivity contribution in [3.63, 3.8) is 0 Å². The average Bonchev–Trinajstić information content (AvgIpc) is 3.05. The fourth-order valence-corrected chi connectivity index (χ4v) is 6.54. The Labute approximate surface area is 170 Å². The van der Waals surface area contributed by atoms with Crippen molar-refractivity contribution in [1.29, 1.82) is 0 Å². The quantitative estimate of drug-likeness (QED) is 0.491. The molecule has 0 N–H and O–H groups in total. The molecule has 4 aliphatic carbocycles. The third kappa shape index (κ3) is 3.05. The van der Waals surface area contributed by atoms with E-state index in [0.717, 1.165) is 29.1 Å². The summed E-state index contributed by atoms with van der Waals surface area (Å²) in [6, 6.07) is 6.48. The Bertz CT molecular complexity index is 955. The van der Waals surface area contributed by atoms with Crippen LogP contribution in [0.3, 0.4) is 0 Å². The van der Waals surface area contributed by atoms with Gasteiger partial charge in [0.2, 0.25) is 5.76 Å². The van der Waals surface area contributed by atoms with Crippen molar-refractivity contribution in [2.24, 2.45) is 17.8 Å². The Kier molecular flexibility index (Phi) is 4.26. The van der Waals surface area contributed by atoms with Crippen LogP contribution in [0.1, 0.15) is 61.1 Å². The summed E-state index contributed by atoms with van der Waals surface area (Å²) in [7, 11) is 1.65. The monoisotopic (exact) mass is 394 g/mol. The van der Waals surface area contributed by atoms with Crippen molar-refractivity contribution in [3.8, 4) is 5.75 Å². The van der Waals surface area contributed by atoms with Gasteiger partial charge in [-0.1, -0.05) is 11.2 Å². The summed E-state index contributed by atoms with van der Waals surface area (Å²) in [5.74, 6) is 3.55. The highest BCUT2D eigenvalue weighted by atomic mass is 16.6. The van der Waals surface area contributed by atoms with E-state index >= 15 is 0 Å². The van der Waals surface area contributed by atoms with Crippen molar-refractivity contribution < 1.29 is 14.2 Å². The fourth-order valence-electron chi connectivity index (χ4n) is 6.54. The second-order valence-corrected chi connectivity index (χ2v) is 9.23. The first kappa shape index (κ1) is 18.4.